The number of pyridine rings is 1. The van der Waals surface area contributed by atoms with Crippen molar-refractivity contribution < 1.29 is 4.74 Å². The van der Waals surface area contributed by atoms with Gasteiger partial charge in [0.15, 0.2) is 0 Å². The highest BCUT2D eigenvalue weighted by Crippen LogP contribution is 2.40. The van der Waals surface area contributed by atoms with Crippen LogP contribution in [0.25, 0.3) is 0 Å². The molecule has 1 aliphatic carbocycles. The van der Waals surface area contributed by atoms with Gasteiger partial charge in [-0.05, 0) is 56.5 Å². The number of nitrogen functional groups attached to an aromatic ring is 1. The van der Waals surface area contributed by atoms with Crippen molar-refractivity contribution in [2.24, 2.45) is 5.73 Å². The summed E-state index contributed by atoms with van der Waals surface area (Å²) in [4.78, 5) is 6.61. The van der Waals surface area contributed by atoms with E-state index in [4.69, 9.17) is 21.6 Å². The zero-order chi connectivity index (χ0) is 18.3. The fourth-order valence-corrected chi connectivity index (χ4v) is 3.28. The number of hydrogen-bond acceptors (Lipinski definition) is 6. The van der Waals surface area contributed by atoms with Crippen molar-refractivity contribution in [3.63, 3.8) is 0 Å². The Balaban J connectivity index is 1.60. The highest BCUT2D eigenvalue weighted by atomic mass is 16.5. The molecule has 1 atom stereocenters. The van der Waals surface area contributed by atoms with E-state index in [1.54, 1.807) is 6.20 Å². The van der Waals surface area contributed by atoms with Gasteiger partial charge >= 0.3 is 0 Å². The van der Waals surface area contributed by atoms with Gasteiger partial charge in [-0.15, -0.1) is 0 Å². The Morgan fingerprint density at radius 1 is 1.31 bits per heavy atom. The second-order valence-corrected chi connectivity index (χ2v) is 7.57. The summed E-state index contributed by atoms with van der Waals surface area (Å²) in [6.45, 7) is 3.80. The third kappa shape index (κ3) is 3.37. The van der Waals surface area contributed by atoms with Gasteiger partial charge in [0.2, 0.25) is 0 Å². The molecule has 0 spiro atoms. The molecule has 2 heterocycles. The maximum atomic E-state index is 8.66. The van der Waals surface area contributed by atoms with Crippen LogP contribution in [0.5, 0.6) is 5.75 Å². The summed E-state index contributed by atoms with van der Waals surface area (Å²) in [6.07, 6.45) is 4.84. The van der Waals surface area contributed by atoms with Crippen molar-refractivity contribution in [2.75, 3.05) is 23.7 Å². The lowest BCUT2D eigenvalue weighted by Gasteiger charge is -2.18. The van der Waals surface area contributed by atoms with E-state index in [9.17, 15) is 0 Å². The second-order valence-electron chi connectivity index (χ2n) is 7.57. The van der Waals surface area contributed by atoms with Gasteiger partial charge in [-0.1, -0.05) is 0 Å². The summed E-state index contributed by atoms with van der Waals surface area (Å²) in [7, 11) is 0. The number of ether oxygens (including phenoxy) is 1. The average molecular weight is 351 g/mol. The van der Waals surface area contributed by atoms with Crippen LogP contribution in [0.2, 0.25) is 0 Å². The summed E-state index contributed by atoms with van der Waals surface area (Å²) < 4.78 is 6.02. The van der Waals surface area contributed by atoms with Gasteiger partial charge in [0.05, 0.1) is 5.71 Å². The van der Waals surface area contributed by atoms with Gasteiger partial charge in [-0.2, -0.15) is 0 Å². The van der Waals surface area contributed by atoms with Gasteiger partial charge in [-0.25, -0.2) is 4.98 Å². The molecular weight excluding hydrogens is 326 g/mol. The fraction of sp³-hybridized carbons (Fsp3) is 0.400. The minimum absolute atomic E-state index is 0.0616. The number of nitrogens with one attached hydrogen (secondary N) is 1. The Morgan fingerprint density at radius 3 is 2.81 bits per heavy atom. The van der Waals surface area contributed by atoms with E-state index in [1.807, 2.05) is 30.3 Å². The van der Waals surface area contributed by atoms with E-state index in [2.05, 4.69) is 16.8 Å². The number of anilines is 2. The maximum Gasteiger partial charge on any atom is 0.129 e. The largest absolute Gasteiger partial charge is 0.488 e. The molecule has 26 heavy (non-hydrogen) atoms. The molecule has 0 amide bonds. The minimum Gasteiger partial charge on any atom is -0.488 e. The van der Waals surface area contributed by atoms with Gasteiger partial charge in [0.1, 0.15) is 17.2 Å². The third-order valence-corrected chi connectivity index (χ3v) is 5.20. The van der Waals surface area contributed by atoms with Crippen LogP contribution in [0.3, 0.4) is 0 Å². The van der Waals surface area contributed by atoms with Crippen LogP contribution in [-0.4, -0.2) is 35.4 Å². The van der Waals surface area contributed by atoms with Crippen LogP contribution >= 0.6 is 0 Å². The van der Waals surface area contributed by atoms with Crippen LogP contribution in [0.4, 0.5) is 11.5 Å². The first-order chi connectivity index (χ1) is 12.4. The molecular formula is C20H25N5O. The number of nitrogens with two attached hydrogens (primary N) is 2. The summed E-state index contributed by atoms with van der Waals surface area (Å²) >= 11 is 0. The van der Waals surface area contributed by atoms with Gasteiger partial charge < -0.3 is 21.1 Å². The summed E-state index contributed by atoms with van der Waals surface area (Å²) in [5.41, 5.74) is 14.5. The first-order valence-corrected chi connectivity index (χ1v) is 9.08. The molecule has 0 unspecified atom stereocenters. The molecule has 0 bridgehead atoms. The fourth-order valence-electron chi connectivity index (χ4n) is 3.28. The average Bonchev–Trinajstić information content (AvgIpc) is 3.19. The molecule has 1 saturated heterocycles. The molecule has 1 aromatic heterocycles. The van der Waals surface area contributed by atoms with Crippen molar-refractivity contribution in [1.29, 1.82) is 5.41 Å². The summed E-state index contributed by atoms with van der Waals surface area (Å²) in [5.74, 6) is 1.62. The number of hydrogen-bond donors (Lipinski definition) is 3. The van der Waals surface area contributed by atoms with Crippen molar-refractivity contribution in [3.05, 3.63) is 47.7 Å². The Bertz CT molecular complexity index is 846. The van der Waals surface area contributed by atoms with E-state index in [-0.39, 0.29) is 11.6 Å². The predicted molar refractivity (Wildman–Crippen MR) is 104 cm³/mol. The Kier molecular flexibility index (Phi) is 4.07. The highest BCUT2D eigenvalue weighted by molar-refractivity contribution is 6.14. The molecule has 5 N–H and O–H groups in total. The first-order valence-electron chi connectivity index (χ1n) is 9.08. The lowest BCUT2D eigenvalue weighted by Crippen LogP contribution is -2.27. The molecule has 6 heteroatoms. The van der Waals surface area contributed by atoms with Crippen molar-refractivity contribution >= 4 is 17.2 Å². The van der Waals surface area contributed by atoms with E-state index in [0.29, 0.717) is 17.0 Å². The van der Waals surface area contributed by atoms with Crippen molar-refractivity contribution in [2.45, 2.75) is 37.8 Å². The van der Waals surface area contributed by atoms with Crippen LogP contribution in [0, 0.1) is 5.41 Å². The van der Waals surface area contributed by atoms with Gasteiger partial charge in [0.25, 0.3) is 0 Å². The summed E-state index contributed by atoms with van der Waals surface area (Å²) in [6, 6.07) is 9.53. The van der Waals surface area contributed by atoms with Crippen LogP contribution < -0.4 is 21.1 Å². The molecule has 0 radical (unpaired) electrons. The predicted octanol–water partition coefficient (Wildman–Crippen LogP) is 2.55. The standard InChI is InChI=1S/C20H25N5O/c1-20(6-7-20)26-15-2-3-17(22)16(11-15)19(23)13-4-8-24-18(10-13)25-9-5-14(21)12-25/h2-4,8,10-11,14,23H,5-7,9,12,21-22H2,1H3/t14-/m0/s1. The van der Waals surface area contributed by atoms with E-state index in [0.717, 1.165) is 49.5 Å². The van der Waals surface area contributed by atoms with E-state index in [1.165, 1.54) is 0 Å². The second kappa shape index (κ2) is 6.29. The molecule has 1 saturated carbocycles. The molecule has 2 aromatic rings. The third-order valence-electron chi connectivity index (χ3n) is 5.20. The maximum absolute atomic E-state index is 8.66. The number of nitrogens with zero attached hydrogens (tertiary/aromatic N) is 2. The minimum atomic E-state index is -0.0616. The van der Waals surface area contributed by atoms with Crippen molar-refractivity contribution in [3.8, 4) is 5.75 Å². The Morgan fingerprint density at radius 2 is 2.12 bits per heavy atom. The molecule has 136 valence electrons. The van der Waals surface area contributed by atoms with Crippen LogP contribution in [0.15, 0.2) is 36.5 Å². The lowest BCUT2D eigenvalue weighted by atomic mass is 10.0. The SMILES string of the molecule is CC1(Oc2ccc(N)c(C(=N)c3ccnc(N4CC[C@H](N)C4)c3)c2)CC1. The molecule has 4 rings (SSSR count). The number of rotatable bonds is 5. The lowest BCUT2D eigenvalue weighted by molar-refractivity contribution is 0.200. The van der Waals surface area contributed by atoms with Crippen LogP contribution in [0.1, 0.15) is 37.3 Å². The van der Waals surface area contributed by atoms with Crippen LogP contribution in [-0.2, 0) is 0 Å². The first kappa shape index (κ1) is 16.8. The molecule has 6 nitrogen and oxygen atoms in total. The molecule has 2 aliphatic rings. The van der Waals surface area contributed by atoms with E-state index >= 15 is 0 Å². The van der Waals surface area contributed by atoms with Gasteiger partial charge in [-0.3, -0.25) is 5.41 Å². The van der Waals surface area contributed by atoms with Gasteiger partial charge in [0, 0.05) is 42.1 Å². The topological polar surface area (TPSA) is 101 Å². The quantitative estimate of drug-likeness (QED) is 0.568. The monoisotopic (exact) mass is 351 g/mol. The zero-order valence-corrected chi connectivity index (χ0v) is 15.0. The highest BCUT2D eigenvalue weighted by Gasteiger charge is 2.40. The summed E-state index contributed by atoms with van der Waals surface area (Å²) in [5, 5.41) is 8.66. The number of benzene rings is 1. The zero-order valence-electron chi connectivity index (χ0n) is 15.0. The Labute approximate surface area is 153 Å². The molecule has 1 aliphatic heterocycles. The number of aromatic nitrogens is 1. The molecule has 2 fully saturated rings. The smallest absolute Gasteiger partial charge is 0.129 e. The van der Waals surface area contributed by atoms with E-state index < -0.39 is 0 Å². The van der Waals surface area contributed by atoms with Crippen molar-refractivity contribution in [1.82, 2.24) is 4.98 Å². The molecule has 1 aromatic carbocycles. The Hall–Kier alpha value is -2.60. The normalized spacial score (nSPS) is 20.8.